The minimum absolute atomic E-state index is 0.00478. The van der Waals surface area contributed by atoms with Gasteiger partial charge < -0.3 is 10.2 Å². The van der Waals surface area contributed by atoms with Gasteiger partial charge in [-0.3, -0.25) is 9.59 Å². The van der Waals surface area contributed by atoms with Gasteiger partial charge in [-0.15, -0.1) is 11.3 Å². The molecule has 0 bridgehead atoms. The molecule has 0 saturated carbocycles. The monoisotopic (exact) mass is 330 g/mol. The van der Waals surface area contributed by atoms with E-state index in [2.05, 4.69) is 21.2 Å². The Hall–Kier alpha value is -0.880. The van der Waals surface area contributed by atoms with Gasteiger partial charge in [0.15, 0.2) is 0 Å². The fraction of sp³-hybridized carbons (Fsp3) is 0.500. The van der Waals surface area contributed by atoms with Gasteiger partial charge in [-0.2, -0.15) is 0 Å². The van der Waals surface area contributed by atoms with Gasteiger partial charge in [-0.25, -0.2) is 0 Å². The van der Waals surface area contributed by atoms with Crippen LogP contribution < -0.4 is 5.32 Å². The van der Waals surface area contributed by atoms with E-state index in [1.165, 1.54) is 11.3 Å². The van der Waals surface area contributed by atoms with E-state index in [-0.39, 0.29) is 11.8 Å². The Morgan fingerprint density at radius 2 is 2.22 bits per heavy atom. The molecule has 18 heavy (non-hydrogen) atoms. The molecule has 0 radical (unpaired) electrons. The first-order chi connectivity index (χ1) is 8.46. The third-order valence-electron chi connectivity index (χ3n) is 3.32. The summed E-state index contributed by atoms with van der Waals surface area (Å²) in [5.41, 5.74) is -0.459. The van der Waals surface area contributed by atoms with E-state index in [4.69, 9.17) is 0 Å². The standard InChI is InChI=1S/C12H15BrN2O2S/c1-12(11(17)14-2)5-6-15(7-12)10(16)8-3-4-9(13)18-8/h3-4H,5-7H2,1-2H3,(H,14,17). The molecule has 98 valence electrons. The second-order valence-electron chi connectivity index (χ2n) is 4.72. The van der Waals surface area contributed by atoms with Crippen molar-refractivity contribution in [3.05, 3.63) is 20.8 Å². The molecule has 1 aromatic rings. The van der Waals surface area contributed by atoms with E-state index in [1.807, 2.05) is 19.1 Å². The van der Waals surface area contributed by atoms with Crippen LogP contribution in [0.1, 0.15) is 23.0 Å². The fourth-order valence-electron chi connectivity index (χ4n) is 2.21. The quantitative estimate of drug-likeness (QED) is 0.902. The summed E-state index contributed by atoms with van der Waals surface area (Å²) >= 11 is 4.77. The zero-order chi connectivity index (χ0) is 13.3. The largest absolute Gasteiger partial charge is 0.359 e. The van der Waals surface area contributed by atoms with E-state index < -0.39 is 5.41 Å². The summed E-state index contributed by atoms with van der Waals surface area (Å²) in [6, 6.07) is 3.68. The van der Waals surface area contributed by atoms with Crippen molar-refractivity contribution in [1.82, 2.24) is 10.2 Å². The highest BCUT2D eigenvalue weighted by molar-refractivity contribution is 9.11. The summed E-state index contributed by atoms with van der Waals surface area (Å²) in [5, 5.41) is 2.67. The molecule has 1 unspecified atom stereocenters. The van der Waals surface area contributed by atoms with Gasteiger partial charge in [0.05, 0.1) is 14.1 Å². The molecule has 2 amide bonds. The van der Waals surface area contributed by atoms with Gasteiger partial charge in [0.1, 0.15) is 0 Å². The fourth-order valence-corrected chi connectivity index (χ4v) is 3.56. The minimum atomic E-state index is -0.459. The summed E-state index contributed by atoms with van der Waals surface area (Å²) < 4.78 is 0.944. The zero-order valence-corrected chi connectivity index (χ0v) is 12.7. The molecule has 4 nitrogen and oxygen atoms in total. The number of carbonyl (C=O) groups is 2. The lowest BCUT2D eigenvalue weighted by atomic mass is 9.89. The maximum Gasteiger partial charge on any atom is 0.263 e. The van der Waals surface area contributed by atoms with Gasteiger partial charge in [0.25, 0.3) is 5.91 Å². The maximum absolute atomic E-state index is 12.2. The number of rotatable bonds is 2. The Kier molecular flexibility index (Phi) is 3.77. The molecule has 1 N–H and O–H groups in total. The number of hydrogen-bond acceptors (Lipinski definition) is 3. The first-order valence-electron chi connectivity index (χ1n) is 5.73. The first-order valence-corrected chi connectivity index (χ1v) is 7.34. The van der Waals surface area contributed by atoms with Crippen LogP contribution in [0.15, 0.2) is 15.9 Å². The second-order valence-corrected chi connectivity index (χ2v) is 7.18. The molecule has 0 spiro atoms. The van der Waals surface area contributed by atoms with Crippen LogP contribution in [0.25, 0.3) is 0 Å². The number of carbonyl (C=O) groups excluding carboxylic acids is 2. The Bertz CT molecular complexity index is 488. The van der Waals surface area contributed by atoms with Gasteiger partial charge in [-0.05, 0) is 41.4 Å². The lowest BCUT2D eigenvalue weighted by molar-refractivity contribution is -0.128. The van der Waals surface area contributed by atoms with Gasteiger partial charge in [0, 0.05) is 20.1 Å². The van der Waals surface area contributed by atoms with Crippen LogP contribution in [-0.2, 0) is 4.79 Å². The van der Waals surface area contributed by atoms with Crippen molar-refractivity contribution in [2.45, 2.75) is 13.3 Å². The normalized spacial score (nSPS) is 23.2. The topological polar surface area (TPSA) is 49.4 Å². The predicted molar refractivity (Wildman–Crippen MR) is 74.7 cm³/mol. The molecule has 2 heterocycles. The van der Waals surface area contributed by atoms with Crippen molar-refractivity contribution in [3.63, 3.8) is 0 Å². The number of nitrogens with one attached hydrogen (secondary N) is 1. The SMILES string of the molecule is CNC(=O)C1(C)CCN(C(=O)c2ccc(Br)s2)C1. The summed E-state index contributed by atoms with van der Waals surface area (Å²) in [6.07, 6.45) is 0.713. The maximum atomic E-state index is 12.2. The summed E-state index contributed by atoms with van der Waals surface area (Å²) in [7, 11) is 1.63. The van der Waals surface area contributed by atoms with Gasteiger partial charge in [-0.1, -0.05) is 0 Å². The molecule has 1 atom stereocenters. The highest BCUT2D eigenvalue weighted by Crippen LogP contribution is 2.32. The Balaban J connectivity index is 2.09. The minimum Gasteiger partial charge on any atom is -0.359 e. The summed E-state index contributed by atoms with van der Waals surface area (Å²) in [5.74, 6) is 0.0171. The van der Waals surface area contributed by atoms with Crippen LogP contribution >= 0.6 is 27.3 Å². The van der Waals surface area contributed by atoms with Crippen LogP contribution in [0.3, 0.4) is 0 Å². The number of amides is 2. The highest BCUT2D eigenvalue weighted by Gasteiger charge is 2.41. The zero-order valence-electron chi connectivity index (χ0n) is 10.3. The third-order valence-corrected chi connectivity index (χ3v) is 4.93. The summed E-state index contributed by atoms with van der Waals surface area (Å²) in [4.78, 5) is 26.5. The number of hydrogen-bond donors (Lipinski definition) is 1. The Labute approximate surface area is 118 Å². The van der Waals surface area contributed by atoms with Crippen LogP contribution in [0.4, 0.5) is 0 Å². The Morgan fingerprint density at radius 1 is 1.50 bits per heavy atom. The first kappa shape index (κ1) is 13.5. The van der Waals surface area contributed by atoms with Gasteiger partial charge >= 0.3 is 0 Å². The van der Waals surface area contributed by atoms with Crippen molar-refractivity contribution in [2.75, 3.05) is 20.1 Å². The van der Waals surface area contributed by atoms with E-state index >= 15 is 0 Å². The van der Waals surface area contributed by atoms with Crippen molar-refractivity contribution >= 4 is 39.1 Å². The van der Waals surface area contributed by atoms with Gasteiger partial charge in [0.2, 0.25) is 5.91 Å². The van der Waals surface area contributed by atoms with Crippen molar-refractivity contribution in [2.24, 2.45) is 5.41 Å². The van der Waals surface area contributed by atoms with E-state index in [9.17, 15) is 9.59 Å². The second kappa shape index (κ2) is 5.01. The van der Waals surface area contributed by atoms with Crippen LogP contribution in [0, 0.1) is 5.41 Å². The molecule has 1 saturated heterocycles. The van der Waals surface area contributed by atoms with E-state index in [0.29, 0.717) is 24.4 Å². The highest BCUT2D eigenvalue weighted by atomic mass is 79.9. The molecule has 1 aliphatic heterocycles. The number of nitrogens with zero attached hydrogens (tertiary/aromatic N) is 1. The molecular weight excluding hydrogens is 316 g/mol. The number of thiophene rings is 1. The van der Waals surface area contributed by atoms with Crippen LogP contribution in [0.2, 0.25) is 0 Å². The average Bonchev–Trinajstić information content (AvgIpc) is 2.95. The molecular formula is C12H15BrN2O2S. The molecule has 0 aliphatic carbocycles. The molecule has 2 rings (SSSR count). The molecule has 1 aromatic heterocycles. The van der Waals surface area contributed by atoms with Crippen molar-refractivity contribution in [1.29, 1.82) is 0 Å². The smallest absolute Gasteiger partial charge is 0.263 e. The van der Waals surface area contributed by atoms with Crippen molar-refractivity contribution < 1.29 is 9.59 Å². The van der Waals surface area contributed by atoms with E-state index in [0.717, 1.165) is 3.79 Å². The van der Waals surface area contributed by atoms with Crippen LogP contribution in [0.5, 0.6) is 0 Å². The predicted octanol–water partition coefficient (Wildman–Crippen LogP) is 2.11. The lowest BCUT2D eigenvalue weighted by Crippen LogP contribution is -2.40. The van der Waals surface area contributed by atoms with Crippen molar-refractivity contribution in [3.8, 4) is 0 Å². The lowest BCUT2D eigenvalue weighted by Gasteiger charge is -2.22. The molecule has 6 heteroatoms. The average molecular weight is 331 g/mol. The molecule has 0 aromatic carbocycles. The summed E-state index contributed by atoms with van der Waals surface area (Å²) in [6.45, 7) is 3.03. The van der Waals surface area contributed by atoms with Crippen LogP contribution in [-0.4, -0.2) is 36.9 Å². The number of likely N-dealkylation sites (tertiary alicyclic amines) is 1. The molecule has 1 aliphatic rings. The number of halogens is 1. The van der Waals surface area contributed by atoms with E-state index in [1.54, 1.807) is 11.9 Å². The molecule has 1 fully saturated rings. The Morgan fingerprint density at radius 3 is 2.78 bits per heavy atom. The third kappa shape index (κ3) is 2.44.